The molecule has 0 saturated carbocycles. The van der Waals surface area contributed by atoms with E-state index in [2.05, 4.69) is 46.0 Å². The Bertz CT molecular complexity index is 424. The number of rotatable bonds is 3. The van der Waals surface area contributed by atoms with E-state index >= 15 is 0 Å². The Labute approximate surface area is 117 Å². The van der Waals surface area contributed by atoms with Crippen LogP contribution < -0.4 is 10.6 Å². The first-order valence-corrected chi connectivity index (χ1v) is 7.16. The Morgan fingerprint density at radius 3 is 2.89 bits per heavy atom. The highest BCUT2D eigenvalue weighted by molar-refractivity contribution is 9.10. The molecule has 1 heterocycles. The molecule has 1 unspecified atom stereocenters. The molecule has 0 amide bonds. The van der Waals surface area contributed by atoms with Crippen LogP contribution in [-0.4, -0.2) is 25.8 Å². The van der Waals surface area contributed by atoms with E-state index in [0.29, 0.717) is 6.54 Å². The first-order valence-electron chi connectivity index (χ1n) is 6.36. The number of anilines is 1. The van der Waals surface area contributed by atoms with Crippen LogP contribution in [0, 0.1) is 0 Å². The third-order valence-electron chi connectivity index (χ3n) is 3.74. The molecule has 2 rings (SSSR count). The summed E-state index contributed by atoms with van der Waals surface area (Å²) in [4.78, 5) is 2.39. The average Bonchev–Trinajstić information content (AvgIpc) is 2.38. The second-order valence-electron chi connectivity index (χ2n) is 5.17. The Kier molecular flexibility index (Phi) is 4.30. The summed E-state index contributed by atoms with van der Waals surface area (Å²) in [5, 5.41) is 0. The van der Waals surface area contributed by atoms with Gasteiger partial charge >= 0.3 is 0 Å². The highest BCUT2D eigenvalue weighted by Crippen LogP contribution is 2.33. The Hall–Kier alpha value is -0.580. The largest absolute Gasteiger partial charge is 0.377 e. The van der Waals surface area contributed by atoms with E-state index in [9.17, 15) is 0 Å². The number of hydrogen-bond donors (Lipinski definition) is 1. The molecule has 1 atom stereocenters. The van der Waals surface area contributed by atoms with E-state index in [1.807, 2.05) is 0 Å². The predicted molar refractivity (Wildman–Crippen MR) is 78.9 cm³/mol. The number of piperidine rings is 1. The van der Waals surface area contributed by atoms with Gasteiger partial charge in [0, 0.05) is 31.2 Å². The van der Waals surface area contributed by atoms with Crippen LogP contribution in [0.15, 0.2) is 22.7 Å². The van der Waals surface area contributed by atoms with Gasteiger partial charge in [0.05, 0.1) is 11.3 Å². The van der Waals surface area contributed by atoms with Crippen molar-refractivity contribution in [2.24, 2.45) is 5.73 Å². The molecule has 0 aromatic heterocycles. The van der Waals surface area contributed by atoms with Gasteiger partial charge in [-0.05, 0) is 53.4 Å². The molecule has 4 heteroatoms. The number of benzene rings is 1. The van der Waals surface area contributed by atoms with Crippen LogP contribution in [0.3, 0.4) is 0 Å². The molecule has 18 heavy (non-hydrogen) atoms. The summed E-state index contributed by atoms with van der Waals surface area (Å²) in [6.07, 6.45) is 2.29. The van der Waals surface area contributed by atoms with E-state index in [1.165, 1.54) is 5.69 Å². The summed E-state index contributed by atoms with van der Waals surface area (Å²) < 4.78 is 6.75. The van der Waals surface area contributed by atoms with E-state index < -0.39 is 0 Å². The molecule has 2 N–H and O–H groups in total. The fourth-order valence-corrected chi connectivity index (χ4v) is 3.19. The highest BCUT2D eigenvalue weighted by Gasteiger charge is 2.31. The first-order chi connectivity index (χ1) is 8.58. The number of ether oxygens (including phenoxy) is 1. The minimum Gasteiger partial charge on any atom is -0.377 e. The van der Waals surface area contributed by atoms with Gasteiger partial charge in [0.2, 0.25) is 0 Å². The highest BCUT2D eigenvalue weighted by atomic mass is 79.9. The molecule has 1 aromatic rings. The summed E-state index contributed by atoms with van der Waals surface area (Å²) in [7, 11) is 1.80. The lowest BCUT2D eigenvalue weighted by Gasteiger charge is -2.41. The second kappa shape index (κ2) is 5.59. The summed E-state index contributed by atoms with van der Waals surface area (Å²) in [6, 6.07) is 6.35. The fourth-order valence-electron chi connectivity index (χ4n) is 2.51. The predicted octanol–water partition coefficient (Wildman–Crippen LogP) is 2.91. The van der Waals surface area contributed by atoms with Crippen molar-refractivity contribution < 1.29 is 4.74 Å². The maximum absolute atomic E-state index is 5.66. The van der Waals surface area contributed by atoms with Crippen molar-refractivity contribution in [3.8, 4) is 0 Å². The monoisotopic (exact) mass is 312 g/mol. The van der Waals surface area contributed by atoms with Crippen molar-refractivity contribution in [2.45, 2.75) is 31.9 Å². The maximum Gasteiger partial charge on any atom is 0.0825 e. The van der Waals surface area contributed by atoms with Crippen molar-refractivity contribution >= 4 is 21.6 Å². The third kappa shape index (κ3) is 2.87. The van der Waals surface area contributed by atoms with Gasteiger partial charge in [-0.1, -0.05) is 6.07 Å². The molecule has 3 nitrogen and oxygen atoms in total. The lowest BCUT2D eigenvalue weighted by atomic mass is 9.94. The Morgan fingerprint density at radius 2 is 2.28 bits per heavy atom. The Morgan fingerprint density at radius 1 is 1.50 bits per heavy atom. The van der Waals surface area contributed by atoms with Crippen LogP contribution >= 0.6 is 15.9 Å². The molecular weight excluding hydrogens is 292 g/mol. The molecule has 1 aliphatic heterocycles. The zero-order valence-corrected chi connectivity index (χ0v) is 12.7. The number of nitrogens with zero attached hydrogens (tertiary/aromatic N) is 1. The van der Waals surface area contributed by atoms with Gasteiger partial charge in [-0.15, -0.1) is 0 Å². The zero-order valence-electron chi connectivity index (χ0n) is 11.1. The summed E-state index contributed by atoms with van der Waals surface area (Å²) >= 11 is 3.64. The Balaban J connectivity index is 2.21. The molecular formula is C14H21BrN2O. The SMILES string of the molecule is COC1(C)CCCN(c2ccc(CN)cc2Br)C1. The fraction of sp³-hybridized carbons (Fsp3) is 0.571. The third-order valence-corrected chi connectivity index (χ3v) is 4.38. The number of methoxy groups -OCH3 is 1. The number of nitrogens with two attached hydrogens (primary N) is 1. The minimum absolute atomic E-state index is 0.0375. The molecule has 0 spiro atoms. The van der Waals surface area contributed by atoms with Gasteiger partial charge in [0.25, 0.3) is 0 Å². The average molecular weight is 313 g/mol. The van der Waals surface area contributed by atoms with Crippen LogP contribution in [0.5, 0.6) is 0 Å². The normalized spacial score (nSPS) is 24.3. The first kappa shape index (κ1) is 13.8. The molecule has 100 valence electrons. The van der Waals surface area contributed by atoms with Gasteiger partial charge in [-0.25, -0.2) is 0 Å². The van der Waals surface area contributed by atoms with Gasteiger partial charge in [0.1, 0.15) is 0 Å². The quantitative estimate of drug-likeness (QED) is 0.932. The topological polar surface area (TPSA) is 38.5 Å². The van der Waals surface area contributed by atoms with Gasteiger partial charge in [-0.2, -0.15) is 0 Å². The van der Waals surface area contributed by atoms with E-state index in [-0.39, 0.29) is 5.60 Å². The van der Waals surface area contributed by atoms with Crippen molar-refractivity contribution in [3.05, 3.63) is 28.2 Å². The lowest BCUT2D eigenvalue weighted by molar-refractivity contribution is -0.00467. The maximum atomic E-state index is 5.66. The number of halogens is 1. The smallest absolute Gasteiger partial charge is 0.0825 e. The molecule has 1 saturated heterocycles. The summed E-state index contributed by atoms with van der Waals surface area (Å²) in [5.41, 5.74) is 8.00. The van der Waals surface area contributed by atoms with Crippen molar-refractivity contribution in [2.75, 3.05) is 25.1 Å². The minimum atomic E-state index is -0.0375. The van der Waals surface area contributed by atoms with Gasteiger partial charge in [-0.3, -0.25) is 0 Å². The summed E-state index contributed by atoms with van der Waals surface area (Å²) in [5.74, 6) is 0. The second-order valence-corrected chi connectivity index (χ2v) is 6.02. The van der Waals surface area contributed by atoms with Crippen LogP contribution in [0.1, 0.15) is 25.3 Å². The molecule has 1 aromatic carbocycles. The van der Waals surface area contributed by atoms with Gasteiger partial charge < -0.3 is 15.4 Å². The van der Waals surface area contributed by atoms with Crippen LogP contribution in [-0.2, 0) is 11.3 Å². The molecule has 0 aliphatic carbocycles. The molecule has 1 fully saturated rings. The molecule has 0 radical (unpaired) electrons. The standard InChI is InChI=1S/C14H21BrN2O/c1-14(18-2)6-3-7-17(10-14)13-5-4-11(9-16)8-12(13)15/h4-5,8H,3,6-7,9-10,16H2,1-2H3. The number of hydrogen-bond acceptors (Lipinski definition) is 3. The van der Waals surface area contributed by atoms with E-state index in [0.717, 1.165) is 36.0 Å². The zero-order chi connectivity index (χ0) is 13.2. The van der Waals surface area contributed by atoms with Crippen LogP contribution in [0.4, 0.5) is 5.69 Å². The van der Waals surface area contributed by atoms with E-state index in [1.54, 1.807) is 7.11 Å². The van der Waals surface area contributed by atoms with E-state index in [4.69, 9.17) is 10.5 Å². The van der Waals surface area contributed by atoms with Crippen molar-refractivity contribution in [1.82, 2.24) is 0 Å². The molecule has 1 aliphatic rings. The molecule has 0 bridgehead atoms. The van der Waals surface area contributed by atoms with Crippen molar-refractivity contribution in [1.29, 1.82) is 0 Å². The van der Waals surface area contributed by atoms with Gasteiger partial charge in [0.15, 0.2) is 0 Å². The lowest BCUT2D eigenvalue weighted by Crippen LogP contribution is -2.47. The van der Waals surface area contributed by atoms with Crippen LogP contribution in [0.2, 0.25) is 0 Å². The summed E-state index contributed by atoms with van der Waals surface area (Å²) in [6.45, 7) is 4.78. The van der Waals surface area contributed by atoms with Crippen molar-refractivity contribution in [3.63, 3.8) is 0 Å². The van der Waals surface area contributed by atoms with Crippen LogP contribution in [0.25, 0.3) is 0 Å².